The first-order chi connectivity index (χ1) is 8.15. The van der Waals surface area contributed by atoms with E-state index in [-0.39, 0.29) is 0 Å². The number of ether oxygens (including phenoxy) is 1. The summed E-state index contributed by atoms with van der Waals surface area (Å²) >= 11 is 5.88. The molecule has 3 nitrogen and oxygen atoms in total. The monoisotopic (exact) mass is 248 g/mol. The number of hydrogen-bond donors (Lipinski definition) is 1. The van der Waals surface area contributed by atoms with Crippen LogP contribution in [0.1, 0.15) is 11.3 Å². The quantitative estimate of drug-likeness (QED) is 0.907. The van der Waals surface area contributed by atoms with E-state index in [2.05, 4.69) is 4.98 Å². The minimum atomic E-state index is 0.441. The van der Waals surface area contributed by atoms with Gasteiger partial charge in [-0.1, -0.05) is 23.7 Å². The van der Waals surface area contributed by atoms with Gasteiger partial charge in [0.25, 0.3) is 0 Å². The molecule has 0 amide bonds. The maximum atomic E-state index is 5.88. The predicted octanol–water partition coefficient (Wildman–Crippen LogP) is 3.20. The number of nitrogens with zero attached hydrogens (tertiary/aromatic N) is 1. The molecule has 17 heavy (non-hydrogen) atoms. The number of nitrogens with two attached hydrogens (primary N) is 1. The van der Waals surface area contributed by atoms with Crippen LogP contribution in [0.2, 0.25) is 5.02 Å². The number of hydrogen-bond acceptors (Lipinski definition) is 3. The van der Waals surface area contributed by atoms with Gasteiger partial charge in [0.05, 0.1) is 11.4 Å². The predicted molar refractivity (Wildman–Crippen MR) is 69.2 cm³/mol. The summed E-state index contributed by atoms with van der Waals surface area (Å²) in [6.45, 7) is 2.29. The summed E-state index contributed by atoms with van der Waals surface area (Å²) in [6, 6.07) is 11.1. The number of nitrogen functional groups attached to an aromatic ring is 1. The minimum Gasteiger partial charge on any atom is -0.473 e. The normalized spacial score (nSPS) is 10.2. The topological polar surface area (TPSA) is 48.1 Å². The molecule has 4 heteroatoms. The largest absolute Gasteiger partial charge is 0.473 e. The number of halogens is 1. The Bertz CT molecular complexity index is 529. The molecule has 1 heterocycles. The second kappa shape index (κ2) is 5.06. The average molecular weight is 249 g/mol. The summed E-state index contributed by atoms with van der Waals surface area (Å²) in [5.41, 5.74) is 8.13. The molecular weight excluding hydrogens is 236 g/mol. The van der Waals surface area contributed by atoms with Gasteiger partial charge in [-0.05, 0) is 30.7 Å². The van der Waals surface area contributed by atoms with Crippen molar-refractivity contribution in [2.75, 3.05) is 5.73 Å². The molecule has 1 aromatic heterocycles. The van der Waals surface area contributed by atoms with Crippen LogP contribution in [0.15, 0.2) is 36.4 Å². The van der Waals surface area contributed by atoms with Crippen molar-refractivity contribution in [2.45, 2.75) is 13.5 Å². The van der Waals surface area contributed by atoms with E-state index in [4.69, 9.17) is 22.1 Å². The first-order valence-electron chi connectivity index (χ1n) is 5.25. The van der Waals surface area contributed by atoms with Crippen LogP contribution >= 0.6 is 11.6 Å². The van der Waals surface area contributed by atoms with Crippen LogP contribution in [0, 0.1) is 6.92 Å². The van der Waals surface area contributed by atoms with Crippen molar-refractivity contribution in [1.29, 1.82) is 0 Å². The van der Waals surface area contributed by atoms with Gasteiger partial charge in [0, 0.05) is 11.1 Å². The SMILES string of the molecule is Cc1nc(OCc2cccc(Cl)c2)ccc1N. The van der Waals surface area contributed by atoms with Gasteiger partial charge in [0.15, 0.2) is 0 Å². The van der Waals surface area contributed by atoms with Crippen LogP contribution in [-0.2, 0) is 6.61 Å². The highest BCUT2D eigenvalue weighted by Crippen LogP contribution is 2.16. The van der Waals surface area contributed by atoms with Crippen molar-refractivity contribution in [3.8, 4) is 5.88 Å². The fraction of sp³-hybridized carbons (Fsp3) is 0.154. The second-order valence-electron chi connectivity index (χ2n) is 3.74. The Kier molecular flexibility index (Phi) is 3.49. The van der Waals surface area contributed by atoms with Crippen LogP contribution in [0.5, 0.6) is 5.88 Å². The maximum Gasteiger partial charge on any atom is 0.213 e. The van der Waals surface area contributed by atoms with Gasteiger partial charge in [-0.25, -0.2) is 4.98 Å². The van der Waals surface area contributed by atoms with Crippen molar-refractivity contribution in [3.63, 3.8) is 0 Å². The van der Waals surface area contributed by atoms with E-state index in [1.807, 2.05) is 31.2 Å². The maximum absolute atomic E-state index is 5.88. The van der Waals surface area contributed by atoms with E-state index in [0.717, 1.165) is 11.3 Å². The molecule has 2 aromatic rings. The molecular formula is C13H13ClN2O. The van der Waals surface area contributed by atoms with Gasteiger partial charge in [0.1, 0.15) is 6.61 Å². The van der Waals surface area contributed by atoms with E-state index in [1.54, 1.807) is 12.1 Å². The minimum absolute atomic E-state index is 0.441. The highest BCUT2D eigenvalue weighted by Gasteiger charge is 2.00. The zero-order valence-electron chi connectivity index (χ0n) is 9.48. The molecule has 0 unspecified atom stereocenters. The summed E-state index contributed by atoms with van der Waals surface area (Å²) in [5, 5.41) is 0.701. The lowest BCUT2D eigenvalue weighted by Gasteiger charge is -2.07. The Morgan fingerprint density at radius 1 is 1.29 bits per heavy atom. The zero-order valence-corrected chi connectivity index (χ0v) is 10.2. The van der Waals surface area contributed by atoms with Crippen LogP contribution < -0.4 is 10.5 Å². The smallest absolute Gasteiger partial charge is 0.213 e. The fourth-order valence-corrected chi connectivity index (χ4v) is 1.63. The average Bonchev–Trinajstić information content (AvgIpc) is 2.31. The molecule has 88 valence electrons. The molecule has 0 aliphatic heterocycles. The van der Waals surface area contributed by atoms with E-state index in [1.165, 1.54) is 0 Å². The van der Waals surface area contributed by atoms with Crippen LogP contribution in [0.3, 0.4) is 0 Å². The number of benzene rings is 1. The van der Waals surface area contributed by atoms with Gasteiger partial charge >= 0.3 is 0 Å². The standard InChI is InChI=1S/C13H13ClN2O/c1-9-12(15)5-6-13(16-9)17-8-10-3-2-4-11(14)7-10/h2-7H,8,15H2,1H3. The van der Waals surface area contributed by atoms with Crippen LogP contribution in [0.25, 0.3) is 0 Å². The number of aromatic nitrogens is 1. The highest BCUT2D eigenvalue weighted by molar-refractivity contribution is 6.30. The molecule has 2 rings (SSSR count). The van der Waals surface area contributed by atoms with Crippen LogP contribution in [0.4, 0.5) is 5.69 Å². The Labute approximate surface area is 105 Å². The third-order valence-corrected chi connectivity index (χ3v) is 2.61. The lowest BCUT2D eigenvalue weighted by atomic mass is 10.2. The summed E-state index contributed by atoms with van der Waals surface area (Å²) in [6.07, 6.45) is 0. The Morgan fingerprint density at radius 3 is 2.82 bits per heavy atom. The molecule has 0 aliphatic rings. The van der Waals surface area contributed by atoms with Gasteiger partial charge in [-0.15, -0.1) is 0 Å². The first-order valence-corrected chi connectivity index (χ1v) is 5.63. The molecule has 1 aromatic carbocycles. The summed E-state index contributed by atoms with van der Waals surface area (Å²) in [4.78, 5) is 4.23. The van der Waals surface area contributed by atoms with E-state index in [0.29, 0.717) is 23.2 Å². The van der Waals surface area contributed by atoms with Crippen molar-refractivity contribution in [1.82, 2.24) is 4.98 Å². The lowest BCUT2D eigenvalue weighted by molar-refractivity contribution is 0.293. The molecule has 0 bridgehead atoms. The lowest BCUT2D eigenvalue weighted by Crippen LogP contribution is -1.99. The molecule has 0 saturated heterocycles. The van der Waals surface area contributed by atoms with Crippen molar-refractivity contribution in [2.24, 2.45) is 0 Å². The number of aryl methyl sites for hydroxylation is 1. The van der Waals surface area contributed by atoms with Gasteiger partial charge < -0.3 is 10.5 Å². The van der Waals surface area contributed by atoms with E-state index < -0.39 is 0 Å². The van der Waals surface area contributed by atoms with E-state index in [9.17, 15) is 0 Å². The number of rotatable bonds is 3. The molecule has 0 fully saturated rings. The van der Waals surface area contributed by atoms with Crippen molar-refractivity contribution >= 4 is 17.3 Å². The van der Waals surface area contributed by atoms with Gasteiger partial charge in [-0.2, -0.15) is 0 Å². The molecule has 0 saturated carbocycles. The van der Waals surface area contributed by atoms with Crippen molar-refractivity contribution < 1.29 is 4.74 Å². The van der Waals surface area contributed by atoms with Gasteiger partial charge in [0.2, 0.25) is 5.88 Å². The van der Waals surface area contributed by atoms with Crippen molar-refractivity contribution in [3.05, 3.63) is 52.7 Å². The summed E-state index contributed by atoms with van der Waals surface area (Å²) < 4.78 is 5.56. The first kappa shape index (κ1) is 11.7. The zero-order chi connectivity index (χ0) is 12.3. The number of pyridine rings is 1. The molecule has 0 radical (unpaired) electrons. The molecule has 2 N–H and O–H groups in total. The van der Waals surface area contributed by atoms with E-state index >= 15 is 0 Å². The third-order valence-electron chi connectivity index (χ3n) is 2.38. The molecule has 0 atom stereocenters. The summed E-state index contributed by atoms with van der Waals surface area (Å²) in [7, 11) is 0. The fourth-order valence-electron chi connectivity index (χ4n) is 1.41. The number of anilines is 1. The Morgan fingerprint density at radius 2 is 2.12 bits per heavy atom. The second-order valence-corrected chi connectivity index (χ2v) is 4.18. The molecule has 0 spiro atoms. The van der Waals surface area contributed by atoms with Crippen LogP contribution in [-0.4, -0.2) is 4.98 Å². The highest BCUT2D eigenvalue weighted by atomic mass is 35.5. The van der Waals surface area contributed by atoms with Gasteiger partial charge in [-0.3, -0.25) is 0 Å². The Hall–Kier alpha value is -1.74. The molecule has 0 aliphatic carbocycles. The summed E-state index contributed by atoms with van der Waals surface area (Å²) in [5.74, 6) is 0.566. The third kappa shape index (κ3) is 3.11. The Balaban J connectivity index is 2.05.